The molecule has 1 aliphatic carbocycles. The molecule has 0 heterocycles. The fraction of sp³-hybridized carbons (Fsp3) is 0.588. The normalized spacial score (nSPS) is 22.5. The van der Waals surface area contributed by atoms with Crippen LogP contribution < -0.4 is 11.1 Å². The van der Waals surface area contributed by atoms with E-state index in [2.05, 4.69) is 12.2 Å². The van der Waals surface area contributed by atoms with Crippen molar-refractivity contribution in [3.05, 3.63) is 29.3 Å². The molecule has 2 rings (SSSR count). The van der Waals surface area contributed by atoms with Gasteiger partial charge in [-0.3, -0.25) is 4.79 Å². The summed E-state index contributed by atoms with van der Waals surface area (Å²) in [6.45, 7) is 4.23. The number of carbonyl (C=O) groups excluding carboxylic acids is 1. The average Bonchev–Trinajstić information content (AvgIpc) is 2.43. The van der Waals surface area contributed by atoms with E-state index in [0.29, 0.717) is 11.6 Å². The van der Waals surface area contributed by atoms with Crippen LogP contribution in [0.15, 0.2) is 18.2 Å². The molecule has 0 bridgehead atoms. The van der Waals surface area contributed by atoms with E-state index in [1.807, 2.05) is 19.1 Å². The number of primary amides is 1. The van der Waals surface area contributed by atoms with Crippen LogP contribution in [0.1, 0.15) is 61.4 Å². The lowest BCUT2D eigenvalue weighted by Gasteiger charge is -2.30. The number of hydrogen-bond donors (Lipinski definition) is 2. The molecular formula is C17H26N2O. The zero-order chi connectivity index (χ0) is 14.5. The van der Waals surface area contributed by atoms with Gasteiger partial charge in [0.1, 0.15) is 0 Å². The molecule has 3 N–H and O–H groups in total. The maximum Gasteiger partial charge on any atom is 0.249 e. The van der Waals surface area contributed by atoms with Crippen LogP contribution in [0.5, 0.6) is 0 Å². The van der Waals surface area contributed by atoms with Crippen LogP contribution in [0.4, 0.5) is 5.69 Å². The fourth-order valence-electron chi connectivity index (χ4n) is 3.28. The molecule has 1 amide bonds. The average molecular weight is 274 g/mol. The molecule has 3 nitrogen and oxygen atoms in total. The number of carbonyl (C=O) groups is 1. The molecule has 0 saturated heterocycles. The smallest absolute Gasteiger partial charge is 0.249 e. The van der Waals surface area contributed by atoms with Gasteiger partial charge in [-0.25, -0.2) is 0 Å². The Labute approximate surface area is 121 Å². The summed E-state index contributed by atoms with van der Waals surface area (Å²) in [4.78, 5) is 11.4. The molecule has 20 heavy (non-hydrogen) atoms. The molecule has 0 spiro atoms. The molecule has 1 saturated carbocycles. The zero-order valence-electron chi connectivity index (χ0n) is 12.6. The molecule has 110 valence electrons. The Hall–Kier alpha value is -1.51. The predicted molar refractivity (Wildman–Crippen MR) is 84.0 cm³/mol. The number of anilines is 1. The maximum absolute atomic E-state index is 11.4. The molecule has 1 aromatic carbocycles. The van der Waals surface area contributed by atoms with E-state index >= 15 is 0 Å². The van der Waals surface area contributed by atoms with Gasteiger partial charge in [0.25, 0.3) is 0 Å². The van der Waals surface area contributed by atoms with Crippen molar-refractivity contribution in [1.82, 2.24) is 0 Å². The molecule has 0 aliphatic heterocycles. The summed E-state index contributed by atoms with van der Waals surface area (Å²) in [6.07, 6.45) is 7.75. The summed E-state index contributed by atoms with van der Waals surface area (Å²) >= 11 is 0. The van der Waals surface area contributed by atoms with Gasteiger partial charge in [0, 0.05) is 17.3 Å². The van der Waals surface area contributed by atoms with Crippen LogP contribution in [-0.4, -0.2) is 11.9 Å². The predicted octanol–water partition coefficient (Wildman–Crippen LogP) is 3.86. The molecule has 1 fully saturated rings. The second-order valence-electron chi connectivity index (χ2n) is 5.99. The minimum absolute atomic E-state index is 0.349. The van der Waals surface area contributed by atoms with Gasteiger partial charge in [-0.05, 0) is 56.2 Å². The molecule has 0 aromatic heterocycles. The summed E-state index contributed by atoms with van der Waals surface area (Å²) in [5, 5.41) is 3.60. The molecule has 1 aliphatic rings. The van der Waals surface area contributed by atoms with E-state index in [1.54, 1.807) is 6.07 Å². The summed E-state index contributed by atoms with van der Waals surface area (Å²) in [7, 11) is 0. The first kappa shape index (κ1) is 14.9. The van der Waals surface area contributed by atoms with E-state index in [4.69, 9.17) is 5.73 Å². The Balaban J connectivity index is 1.98. The molecule has 3 heteroatoms. The topological polar surface area (TPSA) is 55.1 Å². The first-order valence-corrected chi connectivity index (χ1v) is 7.77. The van der Waals surface area contributed by atoms with Crippen molar-refractivity contribution in [3.63, 3.8) is 0 Å². The third kappa shape index (κ3) is 3.53. The van der Waals surface area contributed by atoms with Crippen LogP contribution in [0.3, 0.4) is 0 Å². The number of nitrogens with two attached hydrogens (primary N) is 1. The van der Waals surface area contributed by atoms with E-state index in [-0.39, 0.29) is 5.91 Å². The Kier molecular flexibility index (Phi) is 5.05. The van der Waals surface area contributed by atoms with E-state index < -0.39 is 0 Å². The van der Waals surface area contributed by atoms with Crippen LogP contribution in [0.2, 0.25) is 0 Å². The lowest BCUT2D eigenvalue weighted by Crippen LogP contribution is -2.26. The number of nitrogens with one attached hydrogen (secondary N) is 1. The van der Waals surface area contributed by atoms with Crippen molar-refractivity contribution < 1.29 is 4.79 Å². The molecule has 1 aromatic rings. The Morgan fingerprint density at radius 2 is 2.00 bits per heavy atom. The monoisotopic (exact) mass is 274 g/mol. The van der Waals surface area contributed by atoms with Crippen LogP contribution >= 0.6 is 0 Å². The highest BCUT2D eigenvalue weighted by Gasteiger charge is 2.21. The SMILES string of the molecule is CCCC1CCC(Nc2cccc(C(N)=O)c2C)CC1. The molecule has 0 radical (unpaired) electrons. The zero-order valence-corrected chi connectivity index (χ0v) is 12.6. The van der Waals surface area contributed by atoms with Crippen molar-refractivity contribution in [2.75, 3.05) is 5.32 Å². The van der Waals surface area contributed by atoms with Gasteiger partial charge in [0.05, 0.1) is 0 Å². The van der Waals surface area contributed by atoms with Crippen molar-refractivity contribution in [2.45, 2.75) is 58.4 Å². The lowest BCUT2D eigenvalue weighted by molar-refractivity contribution is 0.1000. The van der Waals surface area contributed by atoms with Gasteiger partial charge >= 0.3 is 0 Å². The van der Waals surface area contributed by atoms with Gasteiger partial charge < -0.3 is 11.1 Å². The second-order valence-corrected chi connectivity index (χ2v) is 5.99. The highest BCUT2D eigenvalue weighted by Crippen LogP contribution is 2.30. The number of amides is 1. The summed E-state index contributed by atoms with van der Waals surface area (Å²) < 4.78 is 0. The fourth-order valence-corrected chi connectivity index (χ4v) is 3.28. The molecule has 0 unspecified atom stereocenters. The minimum atomic E-state index is -0.349. The van der Waals surface area contributed by atoms with Gasteiger partial charge in [0.15, 0.2) is 0 Å². The highest BCUT2D eigenvalue weighted by molar-refractivity contribution is 5.95. The number of rotatable bonds is 5. The Morgan fingerprint density at radius 3 is 2.60 bits per heavy atom. The van der Waals surface area contributed by atoms with Crippen molar-refractivity contribution in [1.29, 1.82) is 0 Å². The van der Waals surface area contributed by atoms with Gasteiger partial charge in [-0.15, -0.1) is 0 Å². The van der Waals surface area contributed by atoms with Gasteiger partial charge in [-0.2, -0.15) is 0 Å². The van der Waals surface area contributed by atoms with Crippen LogP contribution in [0, 0.1) is 12.8 Å². The summed E-state index contributed by atoms with van der Waals surface area (Å²) in [6, 6.07) is 6.27. The van der Waals surface area contributed by atoms with Gasteiger partial charge in [0.2, 0.25) is 5.91 Å². The van der Waals surface area contributed by atoms with E-state index in [0.717, 1.165) is 17.2 Å². The Morgan fingerprint density at radius 1 is 1.30 bits per heavy atom. The molecular weight excluding hydrogens is 248 g/mol. The van der Waals surface area contributed by atoms with Crippen molar-refractivity contribution >= 4 is 11.6 Å². The highest BCUT2D eigenvalue weighted by atomic mass is 16.1. The third-order valence-electron chi connectivity index (χ3n) is 4.50. The van der Waals surface area contributed by atoms with E-state index in [9.17, 15) is 4.79 Å². The molecule has 0 atom stereocenters. The standard InChI is InChI=1S/C17H26N2O/c1-3-5-13-8-10-14(11-9-13)19-16-7-4-6-15(12(16)2)17(18)20/h4,6-7,13-14,19H,3,5,8-11H2,1-2H3,(H2,18,20). The third-order valence-corrected chi connectivity index (χ3v) is 4.50. The summed E-state index contributed by atoms with van der Waals surface area (Å²) in [5.41, 5.74) is 8.05. The van der Waals surface area contributed by atoms with Crippen molar-refractivity contribution in [3.8, 4) is 0 Å². The van der Waals surface area contributed by atoms with Crippen LogP contribution in [0.25, 0.3) is 0 Å². The van der Waals surface area contributed by atoms with Crippen molar-refractivity contribution in [2.24, 2.45) is 11.7 Å². The van der Waals surface area contributed by atoms with Gasteiger partial charge in [-0.1, -0.05) is 25.8 Å². The number of hydrogen-bond acceptors (Lipinski definition) is 2. The first-order valence-electron chi connectivity index (χ1n) is 7.77. The lowest BCUT2D eigenvalue weighted by atomic mass is 9.83. The second kappa shape index (κ2) is 6.78. The minimum Gasteiger partial charge on any atom is -0.382 e. The van der Waals surface area contributed by atoms with E-state index in [1.165, 1.54) is 38.5 Å². The maximum atomic E-state index is 11.4. The van der Waals surface area contributed by atoms with Crippen LogP contribution in [-0.2, 0) is 0 Å². The first-order chi connectivity index (χ1) is 9.61. The largest absolute Gasteiger partial charge is 0.382 e. The quantitative estimate of drug-likeness (QED) is 0.856. The number of benzene rings is 1. The summed E-state index contributed by atoms with van der Waals surface area (Å²) in [5.74, 6) is 0.564. The Bertz CT molecular complexity index is 462.